The number of rotatable bonds is 2. The second-order valence-electron chi connectivity index (χ2n) is 5.22. The van der Waals surface area contributed by atoms with E-state index in [9.17, 15) is 9.90 Å². The molecule has 2 heterocycles. The quantitative estimate of drug-likeness (QED) is 0.509. The van der Waals surface area contributed by atoms with Gasteiger partial charge in [-0.3, -0.25) is 4.79 Å². The zero-order valence-electron chi connectivity index (χ0n) is 11.0. The van der Waals surface area contributed by atoms with Gasteiger partial charge in [0.2, 0.25) is 0 Å². The van der Waals surface area contributed by atoms with Crippen molar-refractivity contribution in [3.63, 3.8) is 0 Å². The van der Waals surface area contributed by atoms with Crippen molar-refractivity contribution in [3.05, 3.63) is 41.1 Å². The van der Waals surface area contributed by atoms with Gasteiger partial charge in [0, 0.05) is 28.0 Å². The molecule has 2 aliphatic heterocycles. The number of aliphatic hydroxyl groups is 1. The maximum Gasteiger partial charge on any atom is 0.165 e. The van der Waals surface area contributed by atoms with Gasteiger partial charge in [0.05, 0.1) is 12.3 Å². The van der Waals surface area contributed by atoms with Crippen molar-refractivity contribution in [2.24, 2.45) is 0 Å². The van der Waals surface area contributed by atoms with Crippen LogP contribution in [0.1, 0.15) is 25.7 Å². The molecule has 2 saturated heterocycles. The van der Waals surface area contributed by atoms with Crippen LogP contribution >= 0.6 is 23.5 Å². The van der Waals surface area contributed by atoms with Gasteiger partial charge in [-0.05, 0) is 55.5 Å². The molecular formula is C15H16ClNO2S. The van der Waals surface area contributed by atoms with Gasteiger partial charge >= 0.3 is 0 Å². The van der Waals surface area contributed by atoms with Crippen LogP contribution in [0.25, 0.3) is 0 Å². The van der Waals surface area contributed by atoms with Gasteiger partial charge in [0.15, 0.2) is 5.78 Å². The Morgan fingerprint density at radius 3 is 2.75 bits per heavy atom. The van der Waals surface area contributed by atoms with Crippen LogP contribution in [0.15, 0.2) is 41.0 Å². The summed E-state index contributed by atoms with van der Waals surface area (Å²) in [5.41, 5.74) is 0.558. The number of nitrogens with zero attached hydrogens (tertiary/aromatic N) is 1. The lowest BCUT2D eigenvalue weighted by Crippen LogP contribution is -2.50. The molecule has 2 atom stereocenters. The Morgan fingerprint density at radius 1 is 1.30 bits per heavy atom. The molecule has 0 spiro atoms. The largest absolute Gasteiger partial charge is 0.515 e. The van der Waals surface area contributed by atoms with Crippen molar-refractivity contribution < 1.29 is 9.90 Å². The summed E-state index contributed by atoms with van der Waals surface area (Å²) in [6, 6.07) is 8.02. The van der Waals surface area contributed by atoms with Crippen LogP contribution in [0.5, 0.6) is 0 Å². The second kappa shape index (κ2) is 5.80. The summed E-state index contributed by atoms with van der Waals surface area (Å²) in [4.78, 5) is 13.1. The van der Waals surface area contributed by atoms with Crippen LogP contribution < -0.4 is 0 Å². The number of Topliss-reactive ketones (excluding diaryl/α,β-unsaturated/α-hetero) is 1. The molecule has 106 valence electrons. The van der Waals surface area contributed by atoms with Crippen molar-refractivity contribution in [1.82, 2.24) is 4.31 Å². The Kier molecular flexibility index (Phi) is 4.06. The van der Waals surface area contributed by atoms with Crippen LogP contribution in [-0.2, 0) is 4.79 Å². The van der Waals surface area contributed by atoms with E-state index < -0.39 is 0 Å². The molecule has 1 aromatic rings. The number of hydrogen-bond acceptors (Lipinski definition) is 4. The Labute approximate surface area is 127 Å². The Morgan fingerprint density at radius 2 is 2.05 bits per heavy atom. The van der Waals surface area contributed by atoms with Crippen LogP contribution in [0, 0.1) is 0 Å². The van der Waals surface area contributed by atoms with Crippen LogP contribution in [-0.4, -0.2) is 27.3 Å². The maximum absolute atomic E-state index is 12.0. The van der Waals surface area contributed by atoms with Gasteiger partial charge in [-0.25, -0.2) is 4.31 Å². The van der Waals surface area contributed by atoms with E-state index >= 15 is 0 Å². The third-order valence-corrected chi connectivity index (χ3v) is 5.45. The molecule has 2 unspecified atom stereocenters. The lowest BCUT2D eigenvalue weighted by molar-refractivity contribution is -0.119. The molecule has 0 aromatic heterocycles. The van der Waals surface area contributed by atoms with E-state index in [4.69, 9.17) is 11.6 Å². The molecule has 0 saturated carbocycles. The number of benzene rings is 1. The van der Waals surface area contributed by atoms with Crippen molar-refractivity contribution >= 4 is 29.3 Å². The molecule has 0 aliphatic carbocycles. The fraction of sp³-hybridized carbons (Fsp3) is 0.400. The van der Waals surface area contributed by atoms with Gasteiger partial charge in [-0.1, -0.05) is 11.6 Å². The zero-order valence-corrected chi connectivity index (χ0v) is 12.5. The molecule has 1 aromatic carbocycles. The van der Waals surface area contributed by atoms with Gasteiger partial charge < -0.3 is 5.11 Å². The summed E-state index contributed by atoms with van der Waals surface area (Å²) in [7, 11) is 0. The van der Waals surface area contributed by atoms with Gasteiger partial charge in [0.1, 0.15) is 0 Å². The van der Waals surface area contributed by atoms with Gasteiger partial charge in [0.25, 0.3) is 0 Å². The molecule has 0 amide bonds. The van der Waals surface area contributed by atoms with Crippen molar-refractivity contribution in [3.8, 4) is 0 Å². The van der Waals surface area contributed by atoms with E-state index in [1.807, 2.05) is 24.3 Å². The van der Waals surface area contributed by atoms with Gasteiger partial charge in [-0.15, -0.1) is 0 Å². The number of aliphatic hydroxyl groups excluding tert-OH is 1. The standard InChI is InChI=1S/C15H16ClNO2S/c16-10-4-6-12(7-5-10)20-17-11-2-1-3-14(17)13(9-18)15(19)8-11/h4-7,9,11,14,18H,1-3,8H2/b13-9-. The van der Waals surface area contributed by atoms with Crippen molar-refractivity contribution in [1.29, 1.82) is 0 Å². The van der Waals surface area contributed by atoms with E-state index in [-0.39, 0.29) is 17.9 Å². The van der Waals surface area contributed by atoms with E-state index in [0.717, 1.165) is 35.4 Å². The summed E-state index contributed by atoms with van der Waals surface area (Å²) in [5, 5.41) is 10.1. The predicted molar refractivity (Wildman–Crippen MR) is 80.9 cm³/mol. The molecule has 3 rings (SSSR count). The lowest BCUT2D eigenvalue weighted by atomic mass is 9.83. The molecule has 2 fully saturated rings. The summed E-state index contributed by atoms with van der Waals surface area (Å²) < 4.78 is 2.27. The third-order valence-electron chi connectivity index (χ3n) is 3.95. The highest BCUT2D eigenvalue weighted by Crippen LogP contribution is 2.42. The second-order valence-corrected chi connectivity index (χ2v) is 6.73. The number of fused-ring (bicyclic) bond motifs is 2. The highest BCUT2D eigenvalue weighted by molar-refractivity contribution is 7.97. The first-order chi connectivity index (χ1) is 9.69. The predicted octanol–water partition coefficient (Wildman–Crippen LogP) is 3.98. The topological polar surface area (TPSA) is 40.5 Å². The first-order valence-electron chi connectivity index (χ1n) is 6.78. The van der Waals surface area contributed by atoms with Gasteiger partial charge in [-0.2, -0.15) is 0 Å². The zero-order chi connectivity index (χ0) is 14.1. The highest BCUT2D eigenvalue weighted by Gasteiger charge is 2.41. The molecule has 3 nitrogen and oxygen atoms in total. The minimum Gasteiger partial charge on any atom is -0.515 e. The Balaban J connectivity index is 1.84. The minimum absolute atomic E-state index is 0.0284. The fourth-order valence-corrected chi connectivity index (χ4v) is 4.27. The minimum atomic E-state index is 0.0284. The molecule has 5 heteroatoms. The van der Waals surface area contributed by atoms with Crippen LogP contribution in [0.3, 0.4) is 0 Å². The molecule has 2 bridgehead atoms. The number of carbonyl (C=O) groups excluding carboxylic acids is 1. The van der Waals surface area contributed by atoms with Crippen LogP contribution in [0.2, 0.25) is 5.02 Å². The lowest BCUT2D eigenvalue weighted by Gasteiger charge is -2.45. The van der Waals surface area contributed by atoms with E-state index in [2.05, 4.69) is 4.31 Å². The number of halogens is 1. The summed E-state index contributed by atoms with van der Waals surface area (Å²) >= 11 is 7.56. The molecular weight excluding hydrogens is 294 g/mol. The van der Waals surface area contributed by atoms with E-state index in [0.29, 0.717) is 12.0 Å². The Hall–Kier alpha value is -0.970. The number of ketones is 1. The fourth-order valence-electron chi connectivity index (χ4n) is 2.97. The first kappa shape index (κ1) is 14.0. The maximum atomic E-state index is 12.0. The number of piperidine rings is 2. The third kappa shape index (κ3) is 2.60. The normalized spacial score (nSPS) is 28.9. The number of hydrogen-bond donors (Lipinski definition) is 1. The van der Waals surface area contributed by atoms with E-state index in [1.54, 1.807) is 11.9 Å². The molecule has 0 radical (unpaired) electrons. The highest BCUT2D eigenvalue weighted by atomic mass is 35.5. The SMILES string of the molecule is O=C1CC2CCCC(/C1=C/O)N2Sc1ccc(Cl)cc1. The monoisotopic (exact) mass is 309 g/mol. The van der Waals surface area contributed by atoms with Crippen molar-refractivity contribution in [2.75, 3.05) is 0 Å². The molecule has 20 heavy (non-hydrogen) atoms. The smallest absolute Gasteiger partial charge is 0.165 e. The molecule has 1 N–H and O–H groups in total. The van der Waals surface area contributed by atoms with E-state index in [1.165, 1.54) is 0 Å². The number of carbonyl (C=O) groups is 1. The first-order valence-corrected chi connectivity index (χ1v) is 7.93. The summed E-state index contributed by atoms with van der Waals surface area (Å²) in [6.45, 7) is 0. The molecule has 2 aliphatic rings. The van der Waals surface area contributed by atoms with Crippen LogP contribution in [0.4, 0.5) is 0 Å². The average molecular weight is 310 g/mol. The summed E-state index contributed by atoms with van der Waals surface area (Å²) in [5.74, 6) is 0.0927. The van der Waals surface area contributed by atoms with Crippen molar-refractivity contribution in [2.45, 2.75) is 42.7 Å². The Bertz CT molecular complexity index is 543. The average Bonchev–Trinajstić information content (AvgIpc) is 2.43. The summed E-state index contributed by atoms with van der Waals surface area (Å²) in [6.07, 6.45) is 4.59.